The molecule has 1 aliphatic rings. The average Bonchev–Trinajstić information content (AvgIpc) is 3.31. The predicted molar refractivity (Wildman–Crippen MR) is 103 cm³/mol. The lowest BCUT2D eigenvalue weighted by molar-refractivity contribution is 0.0652. The van der Waals surface area contributed by atoms with Crippen molar-refractivity contribution in [2.24, 2.45) is 4.99 Å². The Bertz CT molecular complexity index is 435. The van der Waals surface area contributed by atoms with Crippen molar-refractivity contribution in [2.75, 3.05) is 19.7 Å². The van der Waals surface area contributed by atoms with E-state index in [0.717, 1.165) is 32.1 Å². The number of aliphatic imine (C=N–C) groups is 1. The molecule has 5 heteroatoms. The van der Waals surface area contributed by atoms with Gasteiger partial charge in [0.15, 0.2) is 5.96 Å². The summed E-state index contributed by atoms with van der Waals surface area (Å²) >= 11 is 0. The van der Waals surface area contributed by atoms with E-state index in [0.29, 0.717) is 6.04 Å². The van der Waals surface area contributed by atoms with E-state index >= 15 is 0 Å². The first-order chi connectivity index (χ1) is 10.3. The maximum atomic E-state index is 5.85. The van der Waals surface area contributed by atoms with E-state index in [1.54, 1.807) is 0 Å². The van der Waals surface area contributed by atoms with Crippen molar-refractivity contribution in [3.05, 3.63) is 35.9 Å². The summed E-state index contributed by atoms with van der Waals surface area (Å²) in [6, 6.07) is 11.0. The third kappa shape index (κ3) is 7.45. The molecule has 0 heterocycles. The smallest absolute Gasteiger partial charge is 0.191 e. The van der Waals surface area contributed by atoms with E-state index < -0.39 is 0 Å². The molecule has 0 spiro atoms. The maximum Gasteiger partial charge on any atom is 0.191 e. The molecule has 4 nitrogen and oxygen atoms in total. The summed E-state index contributed by atoms with van der Waals surface area (Å²) in [5.74, 6) is 0.941. The largest absolute Gasteiger partial charge is 0.374 e. The van der Waals surface area contributed by atoms with Gasteiger partial charge in [-0.05, 0) is 38.7 Å². The number of halogens is 1. The van der Waals surface area contributed by atoms with Crippen LogP contribution in [0, 0.1) is 0 Å². The van der Waals surface area contributed by atoms with Gasteiger partial charge < -0.3 is 15.4 Å². The zero-order valence-electron chi connectivity index (χ0n) is 13.5. The number of ether oxygens (including phenoxy) is 1. The molecular weight excluding hydrogens is 389 g/mol. The Morgan fingerprint density at radius 3 is 2.68 bits per heavy atom. The fourth-order valence-electron chi connectivity index (χ4n) is 2.08. The lowest BCUT2D eigenvalue weighted by atomic mass is 10.1. The van der Waals surface area contributed by atoms with Gasteiger partial charge in [0.1, 0.15) is 0 Å². The summed E-state index contributed by atoms with van der Waals surface area (Å²) in [5, 5.41) is 6.69. The Morgan fingerprint density at radius 1 is 1.32 bits per heavy atom. The highest BCUT2D eigenvalue weighted by Gasteiger charge is 2.21. The summed E-state index contributed by atoms with van der Waals surface area (Å²) in [6.45, 7) is 6.62. The number of guanidine groups is 1. The van der Waals surface area contributed by atoms with E-state index in [-0.39, 0.29) is 30.1 Å². The molecule has 0 aromatic heterocycles. The number of benzene rings is 1. The number of hydrogen-bond donors (Lipinski definition) is 2. The van der Waals surface area contributed by atoms with Crippen molar-refractivity contribution in [3.8, 4) is 0 Å². The van der Waals surface area contributed by atoms with Crippen molar-refractivity contribution in [2.45, 2.75) is 45.3 Å². The number of nitrogens with zero attached hydrogens (tertiary/aromatic N) is 1. The van der Waals surface area contributed by atoms with Crippen LogP contribution in [0.15, 0.2) is 35.3 Å². The lowest BCUT2D eigenvalue weighted by Gasteiger charge is -2.13. The topological polar surface area (TPSA) is 45.7 Å². The Balaban J connectivity index is 0.00000242. The third-order valence-corrected chi connectivity index (χ3v) is 3.47. The summed E-state index contributed by atoms with van der Waals surface area (Å²) < 4.78 is 5.85. The minimum atomic E-state index is 0. The molecule has 0 aliphatic heterocycles. The van der Waals surface area contributed by atoms with Crippen molar-refractivity contribution in [3.63, 3.8) is 0 Å². The molecule has 124 valence electrons. The number of rotatable bonds is 8. The second-order valence-electron chi connectivity index (χ2n) is 5.46. The Hall–Kier alpha value is -0.820. The van der Waals surface area contributed by atoms with Crippen molar-refractivity contribution in [1.29, 1.82) is 0 Å². The van der Waals surface area contributed by atoms with Crippen LogP contribution in [-0.4, -0.2) is 31.7 Å². The van der Waals surface area contributed by atoms with Gasteiger partial charge in [0.2, 0.25) is 0 Å². The highest BCUT2D eigenvalue weighted by molar-refractivity contribution is 14.0. The zero-order valence-corrected chi connectivity index (χ0v) is 15.9. The van der Waals surface area contributed by atoms with Crippen LogP contribution in [-0.2, 0) is 4.74 Å². The normalized spacial score (nSPS) is 15.8. The molecule has 2 N–H and O–H groups in total. The molecule has 1 aliphatic carbocycles. The van der Waals surface area contributed by atoms with Crippen LogP contribution in [0.1, 0.15) is 44.8 Å². The van der Waals surface area contributed by atoms with Gasteiger partial charge in [-0.15, -0.1) is 24.0 Å². The van der Waals surface area contributed by atoms with E-state index in [1.165, 1.54) is 18.4 Å². The molecule has 1 aromatic rings. The van der Waals surface area contributed by atoms with Gasteiger partial charge in [0.25, 0.3) is 0 Å². The van der Waals surface area contributed by atoms with Gasteiger partial charge in [-0.25, -0.2) is 0 Å². The van der Waals surface area contributed by atoms with E-state index in [1.807, 2.05) is 18.2 Å². The molecule has 0 bridgehead atoms. The van der Waals surface area contributed by atoms with Crippen LogP contribution in [0.5, 0.6) is 0 Å². The molecule has 0 amide bonds. The second kappa shape index (κ2) is 10.8. The van der Waals surface area contributed by atoms with Crippen LogP contribution in [0.25, 0.3) is 0 Å². The average molecular weight is 417 g/mol. The van der Waals surface area contributed by atoms with Crippen LogP contribution in [0.2, 0.25) is 0 Å². The van der Waals surface area contributed by atoms with Crippen molar-refractivity contribution >= 4 is 29.9 Å². The molecule has 0 radical (unpaired) electrons. The summed E-state index contributed by atoms with van der Waals surface area (Å²) in [5.41, 5.74) is 1.23. The van der Waals surface area contributed by atoms with Gasteiger partial charge in [-0.2, -0.15) is 0 Å². The number of nitrogens with one attached hydrogen (secondary N) is 2. The molecule has 1 fully saturated rings. The quantitative estimate of drug-likeness (QED) is 0.295. The highest BCUT2D eigenvalue weighted by atomic mass is 127. The monoisotopic (exact) mass is 417 g/mol. The summed E-state index contributed by atoms with van der Waals surface area (Å²) in [4.78, 5) is 4.58. The molecule has 0 saturated heterocycles. The van der Waals surface area contributed by atoms with Crippen molar-refractivity contribution < 1.29 is 4.74 Å². The van der Waals surface area contributed by atoms with Crippen LogP contribution in [0.3, 0.4) is 0 Å². The second-order valence-corrected chi connectivity index (χ2v) is 5.46. The lowest BCUT2D eigenvalue weighted by Crippen LogP contribution is -2.38. The molecule has 1 atom stereocenters. The molecule has 2 rings (SSSR count). The zero-order chi connectivity index (χ0) is 14.9. The fraction of sp³-hybridized carbons (Fsp3) is 0.588. The van der Waals surface area contributed by atoms with Gasteiger partial charge >= 0.3 is 0 Å². The van der Waals surface area contributed by atoms with Gasteiger partial charge in [-0.3, -0.25) is 4.99 Å². The predicted octanol–water partition coefficient (Wildman–Crippen LogP) is 3.49. The van der Waals surface area contributed by atoms with Gasteiger partial charge in [0.05, 0.1) is 6.10 Å². The standard InChI is InChI=1S/C17H27N3O.HI/c1-3-18-17(20-16-10-11-16)19-12-7-13-21-14(2)15-8-5-4-6-9-15;/h4-6,8-9,14,16H,3,7,10-13H2,1-2H3,(H2,18,19,20);1H. The highest BCUT2D eigenvalue weighted by Crippen LogP contribution is 2.18. The Kier molecular flexibility index (Phi) is 9.47. The molecular formula is C17H28IN3O. The van der Waals surface area contributed by atoms with E-state index in [9.17, 15) is 0 Å². The summed E-state index contributed by atoms with van der Waals surface area (Å²) in [6.07, 6.45) is 3.62. The van der Waals surface area contributed by atoms with Crippen LogP contribution in [0.4, 0.5) is 0 Å². The van der Waals surface area contributed by atoms with Gasteiger partial charge in [-0.1, -0.05) is 30.3 Å². The summed E-state index contributed by atoms with van der Waals surface area (Å²) in [7, 11) is 0. The first-order valence-corrected chi connectivity index (χ1v) is 8.01. The minimum Gasteiger partial charge on any atom is -0.374 e. The SMILES string of the molecule is CCNC(=NCCCOC(C)c1ccccc1)NC1CC1.I. The third-order valence-electron chi connectivity index (χ3n) is 3.47. The Labute approximate surface area is 151 Å². The maximum absolute atomic E-state index is 5.85. The minimum absolute atomic E-state index is 0. The van der Waals surface area contributed by atoms with Gasteiger partial charge in [0, 0.05) is 25.7 Å². The molecule has 1 aromatic carbocycles. The molecule has 1 unspecified atom stereocenters. The Morgan fingerprint density at radius 2 is 2.05 bits per heavy atom. The van der Waals surface area contributed by atoms with Crippen LogP contribution >= 0.6 is 24.0 Å². The van der Waals surface area contributed by atoms with E-state index in [2.05, 4.69) is 41.6 Å². The molecule has 22 heavy (non-hydrogen) atoms. The van der Waals surface area contributed by atoms with Crippen LogP contribution < -0.4 is 10.6 Å². The number of hydrogen-bond acceptors (Lipinski definition) is 2. The fourth-order valence-corrected chi connectivity index (χ4v) is 2.08. The van der Waals surface area contributed by atoms with E-state index in [4.69, 9.17) is 4.74 Å². The first-order valence-electron chi connectivity index (χ1n) is 8.01. The first kappa shape index (κ1) is 19.2. The van der Waals surface area contributed by atoms with Crippen molar-refractivity contribution in [1.82, 2.24) is 10.6 Å². The molecule has 1 saturated carbocycles.